The molecule has 120 valence electrons. The standard InChI is InChI=1S/C17H37N3/c1-20(2)15-14-19-17(16-18)12-10-8-6-4-3-5-7-9-11-13-17/h19H,3-16,18H2,1-2H3. The van der Waals surface area contributed by atoms with E-state index in [0.29, 0.717) is 0 Å². The zero-order valence-electron chi connectivity index (χ0n) is 13.9. The zero-order chi connectivity index (χ0) is 14.7. The van der Waals surface area contributed by atoms with Crippen LogP contribution >= 0.6 is 0 Å². The summed E-state index contributed by atoms with van der Waals surface area (Å²) in [5.74, 6) is 0. The van der Waals surface area contributed by atoms with Crippen molar-refractivity contribution in [2.45, 2.75) is 76.2 Å². The van der Waals surface area contributed by atoms with Crippen molar-refractivity contribution in [2.24, 2.45) is 5.73 Å². The summed E-state index contributed by atoms with van der Waals surface area (Å²) < 4.78 is 0. The lowest BCUT2D eigenvalue weighted by Gasteiger charge is -2.35. The summed E-state index contributed by atoms with van der Waals surface area (Å²) in [5, 5.41) is 3.80. The maximum Gasteiger partial charge on any atom is 0.0304 e. The van der Waals surface area contributed by atoms with Gasteiger partial charge in [0.25, 0.3) is 0 Å². The Labute approximate surface area is 126 Å². The highest BCUT2D eigenvalue weighted by atomic mass is 15.1. The molecule has 0 amide bonds. The van der Waals surface area contributed by atoms with Gasteiger partial charge in [0.1, 0.15) is 0 Å². The average Bonchev–Trinajstić information content (AvgIpc) is 2.41. The van der Waals surface area contributed by atoms with Crippen LogP contribution in [0, 0.1) is 0 Å². The van der Waals surface area contributed by atoms with Gasteiger partial charge in [0, 0.05) is 25.2 Å². The molecule has 1 aliphatic carbocycles. The lowest BCUT2D eigenvalue weighted by Crippen LogP contribution is -2.52. The lowest BCUT2D eigenvalue weighted by molar-refractivity contribution is 0.254. The molecule has 0 aromatic heterocycles. The highest BCUT2D eigenvalue weighted by Gasteiger charge is 2.26. The molecule has 0 spiro atoms. The first-order valence-corrected chi connectivity index (χ1v) is 8.78. The van der Waals surface area contributed by atoms with Crippen molar-refractivity contribution in [3.05, 3.63) is 0 Å². The fraction of sp³-hybridized carbons (Fsp3) is 1.00. The van der Waals surface area contributed by atoms with Crippen LogP contribution in [0.4, 0.5) is 0 Å². The minimum atomic E-state index is 0.204. The SMILES string of the molecule is CN(C)CCNC1(CN)CCCCCCCCCCC1. The Kier molecular flexibility index (Phi) is 9.49. The van der Waals surface area contributed by atoms with Gasteiger partial charge >= 0.3 is 0 Å². The topological polar surface area (TPSA) is 41.3 Å². The maximum absolute atomic E-state index is 6.16. The van der Waals surface area contributed by atoms with Gasteiger partial charge in [-0.25, -0.2) is 0 Å². The van der Waals surface area contributed by atoms with Gasteiger partial charge in [-0.15, -0.1) is 0 Å². The van der Waals surface area contributed by atoms with Crippen molar-refractivity contribution in [1.29, 1.82) is 0 Å². The number of rotatable bonds is 5. The second-order valence-corrected chi connectivity index (χ2v) is 6.90. The molecular formula is C17H37N3. The molecule has 0 bridgehead atoms. The van der Waals surface area contributed by atoms with E-state index in [0.717, 1.165) is 19.6 Å². The molecule has 0 saturated heterocycles. The van der Waals surface area contributed by atoms with Crippen LogP contribution in [0.2, 0.25) is 0 Å². The number of hydrogen-bond acceptors (Lipinski definition) is 3. The number of nitrogens with one attached hydrogen (secondary N) is 1. The first-order chi connectivity index (χ1) is 9.68. The van der Waals surface area contributed by atoms with Gasteiger partial charge < -0.3 is 16.0 Å². The predicted octanol–water partition coefficient (Wildman–Crippen LogP) is 3.14. The summed E-state index contributed by atoms with van der Waals surface area (Å²) in [5.41, 5.74) is 6.36. The number of hydrogen-bond donors (Lipinski definition) is 2. The fourth-order valence-electron chi connectivity index (χ4n) is 3.29. The van der Waals surface area contributed by atoms with Gasteiger partial charge in [-0.05, 0) is 26.9 Å². The summed E-state index contributed by atoms with van der Waals surface area (Å²) in [4.78, 5) is 2.24. The molecule has 1 saturated carbocycles. The third-order valence-electron chi connectivity index (χ3n) is 4.76. The normalized spacial score (nSPS) is 22.2. The number of likely N-dealkylation sites (N-methyl/N-ethyl adjacent to an activating group) is 1. The predicted molar refractivity (Wildman–Crippen MR) is 89.1 cm³/mol. The lowest BCUT2D eigenvalue weighted by atomic mass is 9.85. The summed E-state index contributed by atoms with van der Waals surface area (Å²) in [6.07, 6.45) is 15.1. The van der Waals surface area contributed by atoms with E-state index in [1.807, 2.05) is 0 Å². The monoisotopic (exact) mass is 283 g/mol. The van der Waals surface area contributed by atoms with Gasteiger partial charge in [-0.3, -0.25) is 0 Å². The van der Waals surface area contributed by atoms with Crippen LogP contribution in [0.1, 0.15) is 70.6 Å². The number of nitrogens with two attached hydrogens (primary N) is 1. The van der Waals surface area contributed by atoms with Crippen LogP contribution in [0.3, 0.4) is 0 Å². The molecule has 1 rings (SSSR count). The molecule has 3 N–H and O–H groups in total. The van der Waals surface area contributed by atoms with E-state index >= 15 is 0 Å². The Morgan fingerprint density at radius 2 is 1.30 bits per heavy atom. The minimum absolute atomic E-state index is 0.204. The first kappa shape index (κ1) is 17.9. The minimum Gasteiger partial charge on any atom is -0.329 e. The summed E-state index contributed by atoms with van der Waals surface area (Å²) in [6.45, 7) is 2.95. The van der Waals surface area contributed by atoms with Crippen molar-refractivity contribution in [3.8, 4) is 0 Å². The molecule has 0 aromatic rings. The first-order valence-electron chi connectivity index (χ1n) is 8.78. The Morgan fingerprint density at radius 3 is 1.70 bits per heavy atom. The van der Waals surface area contributed by atoms with Crippen molar-refractivity contribution in [1.82, 2.24) is 10.2 Å². The van der Waals surface area contributed by atoms with Gasteiger partial charge in [0.2, 0.25) is 0 Å². The molecule has 3 nitrogen and oxygen atoms in total. The van der Waals surface area contributed by atoms with E-state index in [-0.39, 0.29) is 5.54 Å². The summed E-state index contributed by atoms with van der Waals surface area (Å²) in [7, 11) is 4.27. The summed E-state index contributed by atoms with van der Waals surface area (Å²) >= 11 is 0. The van der Waals surface area contributed by atoms with Gasteiger partial charge in [-0.2, -0.15) is 0 Å². The summed E-state index contributed by atoms with van der Waals surface area (Å²) in [6, 6.07) is 0. The molecule has 0 heterocycles. The van der Waals surface area contributed by atoms with E-state index in [9.17, 15) is 0 Å². The van der Waals surface area contributed by atoms with Gasteiger partial charge in [-0.1, -0.05) is 57.8 Å². The second kappa shape index (κ2) is 10.6. The molecule has 0 aromatic carbocycles. The van der Waals surface area contributed by atoms with Crippen molar-refractivity contribution < 1.29 is 0 Å². The fourth-order valence-corrected chi connectivity index (χ4v) is 3.29. The maximum atomic E-state index is 6.16. The molecule has 0 atom stereocenters. The van der Waals surface area contributed by atoms with Crippen LogP contribution in [0.5, 0.6) is 0 Å². The third-order valence-corrected chi connectivity index (χ3v) is 4.76. The molecular weight excluding hydrogens is 246 g/mol. The van der Waals surface area contributed by atoms with Crippen molar-refractivity contribution in [2.75, 3.05) is 33.7 Å². The van der Waals surface area contributed by atoms with E-state index in [1.54, 1.807) is 0 Å². The van der Waals surface area contributed by atoms with E-state index < -0.39 is 0 Å². The quantitative estimate of drug-likeness (QED) is 0.814. The highest BCUT2D eigenvalue weighted by molar-refractivity contribution is 4.89. The smallest absolute Gasteiger partial charge is 0.0304 e. The number of nitrogens with zero attached hydrogens (tertiary/aromatic N) is 1. The molecule has 1 aliphatic rings. The molecule has 1 fully saturated rings. The Bertz CT molecular complexity index is 216. The highest BCUT2D eigenvalue weighted by Crippen LogP contribution is 2.24. The third kappa shape index (κ3) is 7.61. The largest absolute Gasteiger partial charge is 0.329 e. The molecule has 0 radical (unpaired) electrons. The Hall–Kier alpha value is -0.120. The van der Waals surface area contributed by atoms with E-state index in [2.05, 4.69) is 24.3 Å². The molecule has 3 heteroatoms. The average molecular weight is 284 g/mol. The molecule has 0 unspecified atom stereocenters. The van der Waals surface area contributed by atoms with Crippen LogP contribution in [-0.4, -0.2) is 44.2 Å². The second-order valence-electron chi connectivity index (χ2n) is 6.90. The van der Waals surface area contributed by atoms with Crippen LogP contribution in [-0.2, 0) is 0 Å². The van der Waals surface area contributed by atoms with Gasteiger partial charge in [0.15, 0.2) is 0 Å². The van der Waals surface area contributed by atoms with Crippen LogP contribution in [0.25, 0.3) is 0 Å². The zero-order valence-corrected chi connectivity index (χ0v) is 13.9. The van der Waals surface area contributed by atoms with Crippen LogP contribution < -0.4 is 11.1 Å². The Morgan fingerprint density at radius 1 is 0.850 bits per heavy atom. The van der Waals surface area contributed by atoms with Crippen molar-refractivity contribution >= 4 is 0 Å². The Balaban J connectivity index is 2.46. The van der Waals surface area contributed by atoms with Crippen molar-refractivity contribution in [3.63, 3.8) is 0 Å². The molecule has 0 aliphatic heterocycles. The van der Waals surface area contributed by atoms with Gasteiger partial charge in [0.05, 0.1) is 0 Å². The van der Waals surface area contributed by atoms with E-state index in [4.69, 9.17) is 5.73 Å². The van der Waals surface area contributed by atoms with Crippen LogP contribution in [0.15, 0.2) is 0 Å². The van der Waals surface area contributed by atoms with E-state index in [1.165, 1.54) is 70.6 Å². The molecule has 20 heavy (non-hydrogen) atoms.